The van der Waals surface area contributed by atoms with Gasteiger partial charge >= 0.3 is 0 Å². The van der Waals surface area contributed by atoms with Crippen molar-refractivity contribution in [1.82, 2.24) is 54.8 Å². The number of benzene rings is 14. The Morgan fingerprint density at radius 3 is 0.742 bits per heavy atom. The van der Waals surface area contributed by atoms with Crippen molar-refractivity contribution in [3.05, 3.63) is 431 Å². The fourth-order valence-corrected chi connectivity index (χ4v) is 15.4. The summed E-state index contributed by atoms with van der Waals surface area (Å²) in [6.45, 7) is 0. The van der Waals surface area contributed by atoms with Crippen LogP contribution in [0.15, 0.2) is 431 Å². The van der Waals surface area contributed by atoms with E-state index in [1.807, 2.05) is 146 Å². The van der Waals surface area contributed by atoms with Crippen molar-refractivity contribution in [2.75, 3.05) is 0 Å². The minimum Gasteiger partial charge on any atom is -0.265 e. The van der Waals surface area contributed by atoms with Gasteiger partial charge in [0.05, 0.1) is 34.2 Å². The first kappa shape index (κ1) is 72.6. The van der Waals surface area contributed by atoms with Crippen molar-refractivity contribution in [3.63, 3.8) is 0 Å². The van der Waals surface area contributed by atoms with Gasteiger partial charge in [0.2, 0.25) is 0 Å². The van der Waals surface area contributed by atoms with E-state index in [0.717, 1.165) is 179 Å². The topological polar surface area (TPSA) is 142 Å². The second kappa shape index (κ2) is 32.9. The van der Waals surface area contributed by atoms with Gasteiger partial charge in [0.15, 0.2) is 34.9 Å². The lowest BCUT2D eigenvalue weighted by Gasteiger charge is -2.17. The van der Waals surface area contributed by atoms with Gasteiger partial charge in [-0.05, 0) is 157 Å². The highest BCUT2D eigenvalue weighted by Gasteiger charge is 2.22. The molecule has 20 aromatic rings. The molecule has 0 saturated carbocycles. The zero-order valence-corrected chi connectivity index (χ0v) is 64.9. The van der Waals surface area contributed by atoms with Gasteiger partial charge in [0, 0.05) is 91.5 Å². The Morgan fingerprint density at radius 2 is 0.350 bits per heavy atom. The molecule has 6 heterocycles. The molecular formula is C109H71N11. The van der Waals surface area contributed by atoms with Crippen molar-refractivity contribution >= 4 is 0 Å². The van der Waals surface area contributed by atoms with Crippen LogP contribution in [0.3, 0.4) is 0 Å². The molecule has 0 bridgehead atoms. The molecule has 562 valence electrons. The maximum absolute atomic E-state index is 5.58. The maximum Gasteiger partial charge on any atom is 0.164 e. The van der Waals surface area contributed by atoms with Crippen molar-refractivity contribution in [2.24, 2.45) is 0 Å². The van der Waals surface area contributed by atoms with Crippen LogP contribution in [0.4, 0.5) is 0 Å². The Morgan fingerprint density at radius 1 is 0.108 bits per heavy atom. The van der Waals surface area contributed by atoms with Crippen LogP contribution in [0.5, 0.6) is 0 Å². The first-order valence-corrected chi connectivity index (χ1v) is 39.9. The van der Waals surface area contributed by atoms with Crippen LogP contribution in [0.1, 0.15) is 0 Å². The molecule has 14 aromatic carbocycles. The average molecular weight is 1530 g/mol. The number of pyridine rings is 2. The summed E-state index contributed by atoms with van der Waals surface area (Å²) in [5.41, 5.74) is 30.7. The molecule has 0 fully saturated rings. The lowest BCUT2D eigenvalue weighted by atomic mass is 9.88. The van der Waals surface area contributed by atoms with E-state index >= 15 is 0 Å². The minimum atomic E-state index is 0.593. The summed E-state index contributed by atoms with van der Waals surface area (Å²) in [6.07, 6.45) is 7.36. The van der Waals surface area contributed by atoms with E-state index in [9.17, 15) is 0 Å². The van der Waals surface area contributed by atoms with E-state index in [0.29, 0.717) is 34.9 Å². The molecule has 0 amide bonds. The van der Waals surface area contributed by atoms with Crippen LogP contribution in [0, 0.1) is 0 Å². The van der Waals surface area contributed by atoms with Crippen molar-refractivity contribution in [1.29, 1.82) is 0 Å². The summed E-state index contributed by atoms with van der Waals surface area (Å²) < 4.78 is 0. The van der Waals surface area contributed by atoms with Crippen LogP contribution in [-0.4, -0.2) is 54.8 Å². The summed E-state index contributed by atoms with van der Waals surface area (Å²) >= 11 is 0. The van der Waals surface area contributed by atoms with Crippen molar-refractivity contribution in [2.45, 2.75) is 0 Å². The summed E-state index contributed by atoms with van der Waals surface area (Å²) in [5.74, 6) is 3.70. The Kier molecular flexibility index (Phi) is 19.9. The largest absolute Gasteiger partial charge is 0.265 e. The van der Waals surface area contributed by atoms with Gasteiger partial charge in [0.1, 0.15) is 0 Å². The molecule has 0 unspecified atom stereocenters. The zero-order valence-electron chi connectivity index (χ0n) is 64.9. The molecule has 20 rings (SSSR count). The third kappa shape index (κ3) is 15.5. The molecular weight excluding hydrogens is 1460 g/mol. The zero-order chi connectivity index (χ0) is 79.9. The molecule has 0 aliphatic rings. The number of aromatic nitrogens is 11. The molecule has 0 spiro atoms. The van der Waals surface area contributed by atoms with Gasteiger partial charge in [-0.2, -0.15) is 0 Å². The van der Waals surface area contributed by atoms with E-state index in [-0.39, 0.29) is 0 Å². The summed E-state index contributed by atoms with van der Waals surface area (Å²) in [5, 5.41) is 0. The Hall–Kier alpha value is -16.4. The molecule has 0 atom stereocenters. The molecule has 0 saturated heterocycles. The standard InChI is InChI=1S/C109H71N11/c1-7-23-77(24-8-1)98-69-99(78-25-9-2-10-26-78)113-105(112-98)84-51-45-76(46-52-84)94-54-53-88(74-55-59-110-60-56-74)68-97(94)95-39-19-20-40-96(95)109-116-100(79-27-11-3-12-28-79)70-103(117-109)90-38-22-36-87(64-90)86-35-21-37-89(63-86)102-71-101(114-104(115-102)81-29-13-4-14-30-81)80-47-41-72(42-48-80)91-65-92(67-93(66-91)75-57-61-111-62-58-75)73-43-49-85(50-44-73)108-119-106(82-31-15-5-16-32-82)118-107(120-108)83-33-17-6-18-34-83/h1-71H. The van der Waals surface area contributed by atoms with Gasteiger partial charge in [-0.25, -0.2) is 44.9 Å². The third-order valence-electron chi connectivity index (χ3n) is 21.7. The summed E-state index contributed by atoms with van der Waals surface area (Å²) in [7, 11) is 0. The second-order valence-electron chi connectivity index (χ2n) is 29.4. The predicted molar refractivity (Wildman–Crippen MR) is 485 cm³/mol. The van der Waals surface area contributed by atoms with Gasteiger partial charge in [-0.3, -0.25) is 9.97 Å². The maximum atomic E-state index is 5.58. The van der Waals surface area contributed by atoms with Crippen LogP contribution < -0.4 is 0 Å². The highest BCUT2D eigenvalue weighted by molar-refractivity contribution is 5.94. The monoisotopic (exact) mass is 1530 g/mol. The normalized spacial score (nSPS) is 11.2. The Labute approximate surface area is 695 Å². The quantitative estimate of drug-likeness (QED) is 0.0764. The van der Waals surface area contributed by atoms with E-state index in [2.05, 4.69) is 295 Å². The van der Waals surface area contributed by atoms with Crippen LogP contribution in [0.2, 0.25) is 0 Å². The van der Waals surface area contributed by atoms with Gasteiger partial charge in [0.25, 0.3) is 0 Å². The smallest absolute Gasteiger partial charge is 0.164 e. The van der Waals surface area contributed by atoms with E-state index in [1.54, 1.807) is 0 Å². The fourth-order valence-electron chi connectivity index (χ4n) is 15.4. The molecule has 0 aliphatic carbocycles. The molecule has 11 nitrogen and oxygen atoms in total. The van der Waals surface area contributed by atoms with Crippen molar-refractivity contribution in [3.8, 4) is 214 Å². The number of nitrogens with zero attached hydrogens (tertiary/aromatic N) is 11. The number of rotatable bonds is 19. The average Bonchev–Trinajstić information content (AvgIpc) is 0.744. The molecule has 0 radical (unpaired) electrons. The molecule has 120 heavy (non-hydrogen) atoms. The molecule has 6 aromatic heterocycles. The molecule has 0 N–H and O–H groups in total. The Balaban J connectivity index is 0.626. The lowest BCUT2D eigenvalue weighted by Crippen LogP contribution is -2.00. The van der Waals surface area contributed by atoms with Gasteiger partial charge in [-0.15, -0.1) is 0 Å². The lowest BCUT2D eigenvalue weighted by molar-refractivity contribution is 1.07. The van der Waals surface area contributed by atoms with Gasteiger partial charge < -0.3 is 0 Å². The highest BCUT2D eigenvalue weighted by atomic mass is 15.0. The first-order valence-electron chi connectivity index (χ1n) is 39.9. The first-order chi connectivity index (χ1) is 59.4. The summed E-state index contributed by atoms with van der Waals surface area (Å²) in [4.78, 5) is 55.7. The SMILES string of the molecule is c1ccc(-c2cc(-c3ccccc3)nc(-c3ccc(-c4ccc(-c5ccncc5)cc4-c4ccccc4-c4nc(-c5ccccc5)cc(-c5cccc(-c6cccc(-c7cc(-c8ccc(-c9cc(-c%10ccncc%10)cc(-c%10ccc(-c%11nc(-c%12ccccc%12)nc(-c%12ccccc%12)n%11)cc%10)c9)cc8)nc(-c8ccccc8)n7)c6)c5)n4)cc3)n2)cc1. The van der Waals surface area contributed by atoms with E-state index < -0.39 is 0 Å². The molecule has 11 heteroatoms. The summed E-state index contributed by atoms with van der Waals surface area (Å²) in [6, 6.07) is 141. The Bertz CT molecular complexity index is 6960. The molecule has 0 aliphatic heterocycles. The number of hydrogen-bond acceptors (Lipinski definition) is 11. The highest BCUT2D eigenvalue weighted by Crippen LogP contribution is 2.44. The van der Waals surface area contributed by atoms with Gasteiger partial charge in [-0.1, -0.05) is 328 Å². The van der Waals surface area contributed by atoms with E-state index in [4.69, 9.17) is 44.9 Å². The van der Waals surface area contributed by atoms with Crippen molar-refractivity contribution < 1.29 is 0 Å². The predicted octanol–water partition coefficient (Wildman–Crippen LogP) is 26.7. The third-order valence-corrected chi connectivity index (χ3v) is 21.7. The van der Waals surface area contributed by atoms with E-state index in [1.165, 1.54) is 0 Å². The second-order valence-corrected chi connectivity index (χ2v) is 29.4. The van der Waals surface area contributed by atoms with Crippen LogP contribution >= 0.6 is 0 Å². The minimum absolute atomic E-state index is 0.593. The van der Waals surface area contributed by atoms with Crippen LogP contribution in [-0.2, 0) is 0 Å². The van der Waals surface area contributed by atoms with Crippen LogP contribution in [0.25, 0.3) is 214 Å². The number of hydrogen-bond donors (Lipinski definition) is 0. The fraction of sp³-hybridized carbons (Fsp3) is 0.